The van der Waals surface area contributed by atoms with Crippen molar-refractivity contribution < 1.29 is 14.3 Å². The largest absolute Gasteiger partial charge is 0.497 e. The molecule has 3 rings (SSSR count). The molecule has 5 heteroatoms. The first-order chi connectivity index (χ1) is 12.8. The van der Waals surface area contributed by atoms with Gasteiger partial charge in [-0.05, 0) is 43.4 Å². The Morgan fingerprint density at radius 2 is 1.63 bits per heavy atom. The summed E-state index contributed by atoms with van der Waals surface area (Å²) in [6.45, 7) is 8.07. The number of ether oxygens (including phenoxy) is 1. The van der Waals surface area contributed by atoms with Crippen molar-refractivity contribution in [3.63, 3.8) is 0 Å². The Morgan fingerprint density at radius 1 is 1.00 bits per heavy atom. The molecular formula is C22H32N2O3. The standard InChI is InChI=1S/C22H32N2O3/c1-22(2,3)21(26)23-14-11-17(12-15-23)20(25)24-13-5-6-19(24)16-7-9-18(27-4)10-8-16/h7-10,17,19H,5-6,11-15H2,1-4H3/t19-/m1/s1. The molecule has 0 N–H and O–H groups in total. The highest BCUT2D eigenvalue weighted by molar-refractivity contribution is 5.83. The third kappa shape index (κ3) is 4.28. The molecule has 0 unspecified atom stereocenters. The van der Waals surface area contributed by atoms with Gasteiger partial charge in [-0.25, -0.2) is 0 Å². The van der Waals surface area contributed by atoms with E-state index in [1.165, 1.54) is 5.56 Å². The van der Waals surface area contributed by atoms with Crippen molar-refractivity contribution in [1.82, 2.24) is 9.80 Å². The molecule has 0 bridgehead atoms. The summed E-state index contributed by atoms with van der Waals surface area (Å²) in [5, 5.41) is 0. The molecule has 2 aliphatic heterocycles. The number of benzene rings is 1. The van der Waals surface area contributed by atoms with Crippen molar-refractivity contribution in [2.24, 2.45) is 11.3 Å². The Balaban J connectivity index is 1.62. The van der Waals surface area contributed by atoms with Crippen LogP contribution in [0.1, 0.15) is 58.1 Å². The van der Waals surface area contributed by atoms with E-state index in [9.17, 15) is 9.59 Å². The Labute approximate surface area is 162 Å². The lowest BCUT2D eigenvalue weighted by atomic mass is 9.90. The number of carbonyl (C=O) groups is 2. The van der Waals surface area contributed by atoms with E-state index >= 15 is 0 Å². The lowest BCUT2D eigenvalue weighted by Crippen LogP contribution is -2.47. The van der Waals surface area contributed by atoms with Crippen LogP contribution in [0.2, 0.25) is 0 Å². The van der Waals surface area contributed by atoms with Crippen molar-refractivity contribution in [2.45, 2.75) is 52.5 Å². The number of piperidine rings is 1. The normalized spacial score (nSPS) is 21.4. The number of carbonyl (C=O) groups excluding carboxylic acids is 2. The number of rotatable bonds is 3. The van der Waals surface area contributed by atoms with Crippen LogP contribution in [-0.2, 0) is 9.59 Å². The zero-order valence-corrected chi connectivity index (χ0v) is 17.0. The molecule has 1 aromatic carbocycles. The molecule has 0 aliphatic carbocycles. The summed E-state index contributed by atoms with van der Waals surface area (Å²) in [7, 11) is 1.66. The smallest absolute Gasteiger partial charge is 0.227 e. The monoisotopic (exact) mass is 372 g/mol. The summed E-state index contributed by atoms with van der Waals surface area (Å²) >= 11 is 0. The minimum absolute atomic E-state index is 0.0351. The van der Waals surface area contributed by atoms with Crippen molar-refractivity contribution in [3.8, 4) is 5.75 Å². The molecule has 2 amide bonds. The van der Waals surface area contributed by atoms with Gasteiger partial charge in [0.1, 0.15) is 5.75 Å². The maximum Gasteiger partial charge on any atom is 0.227 e. The highest BCUT2D eigenvalue weighted by Gasteiger charge is 2.37. The van der Waals surface area contributed by atoms with E-state index in [1.54, 1.807) is 7.11 Å². The van der Waals surface area contributed by atoms with Crippen LogP contribution >= 0.6 is 0 Å². The van der Waals surface area contributed by atoms with Crippen LogP contribution in [0.4, 0.5) is 0 Å². The van der Waals surface area contributed by atoms with E-state index in [-0.39, 0.29) is 29.2 Å². The number of likely N-dealkylation sites (tertiary alicyclic amines) is 2. The van der Waals surface area contributed by atoms with Gasteiger partial charge >= 0.3 is 0 Å². The Hall–Kier alpha value is -2.04. The fourth-order valence-corrected chi connectivity index (χ4v) is 4.24. The second-order valence-electron chi connectivity index (χ2n) is 8.78. The number of nitrogens with zero attached hydrogens (tertiary/aromatic N) is 2. The molecule has 148 valence electrons. The fourth-order valence-electron chi connectivity index (χ4n) is 4.24. The topological polar surface area (TPSA) is 49.9 Å². The predicted molar refractivity (Wildman–Crippen MR) is 105 cm³/mol. The van der Waals surface area contributed by atoms with Crippen LogP contribution in [-0.4, -0.2) is 48.4 Å². The average molecular weight is 373 g/mol. The molecule has 1 aromatic rings. The van der Waals surface area contributed by atoms with E-state index in [1.807, 2.05) is 37.8 Å². The Morgan fingerprint density at radius 3 is 2.19 bits per heavy atom. The molecule has 0 aromatic heterocycles. The minimum atomic E-state index is -0.356. The summed E-state index contributed by atoms with van der Waals surface area (Å²) < 4.78 is 5.24. The number of methoxy groups -OCH3 is 1. The quantitative estimate of drug-likeness (QED) is 0.814. The second-order valence-corrected chi connectivity index (χ2v) is 8.78. The maximum atomic E-state index is 13.2. The van der Waals surface area contributed by atoms with Gasteiger partial charge in [-0.2, -0.15) is 0 Å². The Kier molecular flexibility index (Phi) is 5.78. The summed E-state index contributed by atoms with van der Waals surface area (Å²) in [5.74, 6) is 1.32. The van der Waals surface area contributed by atoms with Gasteiger partial charge in [0.2, 0.25) is 11.8 Å². The molecule has 1 atom stereocenters. The van der Waals surface area contributed by atoms with E-state index in [2.05, 4.69) is 17.0 Å². The predicted octanol–water partition coefficient (Wildman–Crippen LogP) is 3.64. The van der Waals surface area contributed by atoms with Gasteiger partial charge in [0.05, 0.1) is 13.2 Å². The maximum absolute atomic E-state index is 13.2. The van der Waals surface area contributed by atoms with Gasteiger partial charge in [-0.1, -0.05) is 32.9 Å². The van der Waals surface area contributed by atoms with Crippen molar-refractivity contribution in [3.05, 3.63) is 29.8 Å². The van der Waals surface area contributed by atoms with Gasteiger partial charge in [-0.15, -0.1) is 0 Å². The molecule has 2 fully saturated rings. The van der Waals surface area contributed by atoms with Crippen molar-refractivity contribution in [2.75, 3.05) is 26.7 Å². The van der Waals surface area contributed by atoms with E-state index in [0.29, 0.717) is 13.1 Å². The molecule has 5 nitrogen and oxygen atoms in total. The lowest BCUT2D eigenvalue weighted by Gasteiger charge is -2.37. The van der Waals surface area contributed by atoms with E-state index < -0.39 is 0 Å². The number of amides is 2. The molecule has 2 aliphatic rings. The van der Waals surface area contributed by atoms with Crippen LogP contribution in [0.25, 0.3) is 0 Å². The third-order valence-electron chi connectivity index (χ3n) is 5.81. The first-order valence-electron chi connectivity index (χ1n) is 10.0. The van der Waals surface area contributed by atoms with Crippen LogP contribution < -0.4 is 4.74 Å². The van der Waals surface area contributed by atoms with Crippen molar-refractivity contribution >= 4 is 11.8 Å². The molecule has 27 heavy (non-hydrogen) atoms. The average Bonchev–Trinajstić information content (AvgIpc) is 3.16. The number of hydrogen-bond acceptors (Lipinski definition) is 3. The molecule has 0 saturated carbocycles. The van der Waals surface area contributed by atoms with Gasteiger partial charge < -0.3 is 14.5 Å². The highest BCUT2D eigenvalue weighted by atomic mass is 16.5. The van der Waals surface area contributed by atoms with Crippen LogP contribution in [0, 0.1) is 11.3 Å². The summed E-state index contributed by atoms with van der Waals surface area (Å²) in [6.07, 6.45) is 3.60. The number of hydrogen-bond donors (Lipinski definition) is 0. The summed E-state index contributed by atoms with van der Waals surface area (Å²) in [4.78, 5) is 29.6. The van der Waals surface area contributed by atoms with E-state index in [4.69, 9.17) is 4.74 Å². The molecule has 0 spiro atoms. The minimum Gasteiger partial charge on any atom is -0.497 e. The van der Waals surface area contributed by atoms with Crippen LogP contribution in [0.15, 0.2) is 24.3 Å². The SMILES string of the molecule is COc1ccc([C@H]2CCCN2C(=O)C2CCN(C(=O)C(C)(C)C)CC2)cc1. The van der Waals surface area contributed by atoms with Crippen LogP contribution in [0.3, 0.4) is 0 Å². The first kappa shape index (κ1) is 19.7. The molecule has 2 saturated heterocycles. The summed E-state index contributed by atoms with van der Waals surface area (Å²) in [5.41, 5.74) is 0.827. The third-order valence-corrected chi connectivity index (χ3v) is 5.81. The van der Waals surface area contributed by atoms with E-state index in [0.717, 1.165) is 38.0 Å². The Bertz CT molecular complexity index is 670. The van der Waals surface area contributed by atoms with Gasteiger partial charge in [0.25, 0.3) is 0 Å². The molecule has 0 radical (unpaired) electrons. The highest BCUT2D eigenvalue weighted by Crippen LogP contribution is 2.35. The van der Waals surface area contributed by atoms with Crippen molar-refractivity contribution in [1.29, 1.82) is 0 Å². The van der Waals surface area contributed by atoms with Gasteiger partial charge in [0, 0.05) is 31.0 Å². The zero-order valence-electron chi connectivity index (χ0n) is 17.0. The first-order valence-corrected chi connectivity index (χ1v) is 10.0. The second kappa shape index (κ2) is 7.91. The summed E-state index contributed by atoms with van der Waals surface area (Å²) in [6, 6.07) is 8.23. The lowest BCUT2D eigenvalue weighted by molar-refractivity contribution is -0.145. The fraction of sp³-hybridized carbons (Fsp3) is 0.636. The van der Waals surface area contributed by atoms with Crippen LogP contribution in [0.5, 0.6) is 5.75 Å². The zero-order chi connectivity index (χ0) is 19.6. The van der Waals surface area contributed by atoms with Gasteiger partial charge in [-0.3, -0.25) is 9.59 Å². The molecular weight excluding hydrogens is 340 g/mol. The van der Waals surface area contributed by atoms with Gasteiger partial charge in [0.15, 0.2) is 0 Å². The molecule has 2 heterocycles.